The summed E-state index contributed by atoms with van der Waals surface area (Å²) in [6.07, 6.45) is 0. The van der Waals surface area contributed by atoms with E-state index >= 15 is 0 Å². The Balaban J connectivity index is 2.59. The minimum Gasteiger partial charge on any atom is -0.351 e. The van der Waals surface area contributed by atoms with Crippen LogP contribution in [0.5, 0.6) is 0 Å². The van der Waals surface area contributed by atoms with Gasteiger partial charge in [0, 0.05) is 12.1 Å². The Hall–Kier alpha value is -0.870. The normalized spacial score (nSPS) is 12.6. The first kappa shape index (κ1) is 13.2. The maximum absolute atomic E-state index is 12.0. The van der Waals surface area contributed by atoms with Gasteiger partial charge >= 0.3 is 0 Å². The SMILES string of the molecule is CC(C)(N)C(C)(C)C(=O)NCc1ccsc1. The van der Waals surface area contributed by atoms with E-state index in [0.29, 0.717) is 6.54 Å². The first-order chi connectivity index (χ1) is 7.25. The third kappa shape index (κ3) is 2.83. The molecule has 1 amide bonds. The molecule has 0 aromatic carbocycles. The molecule has 1 aromatic rings. The molecular weight excluding hydrogens is 220 g/mol. The average molecular weight is 240 g/mol. The molecule has 0 aliphatic heterocycles. The number of hydrogen-bond donors (Lipinski definition) is 2. The minimum atomic E-state index is -0.580. The Bertz CT molecular complexity index is 350. The number of nitrogens with two attached hydrogens (primary N) is 1. The Morgan fingerprint density at radius 2 is 2.06 bits per heavy atom. The highest BCUT2D eigenvalue weighted by Gasteiger charge is 2.40. The van der Waals surface area contributed by atoms with Crippen molar-refractivity contribution in [3.63, 3.8) is 0 Å². The van der Waals surface area contributed by atoms with Crippen LogP contribution in [0.3, 0.4) is 0 Å². The van der Waals surface area contributed by atoms with Crippen molar-refractivity contribution in [1.82, 2.24) is 5.32 Å². The molecule has 90 valence electrons. The lowest BCUT2D eigenvalue weighted by atomic mass is 9.74. The topological polar surface area (TPSA) is 55.1 Å². The molecule has 0 atom stereocenters. The van der Waals surface area contributed by atoms with Gasteiger partial charge in [-0.15, -0.1) is 0 Å². The minimum absolute atomic E-state index is 0.00815. The maximum atomic E-state index is 12.0. The summed E-state index contributed by atoms with van der Waals surface area (Å²) in [4.78, 5) is 12.0. The fourth-order valence-corrected chi connectivity index (χ4v) is 1.76. The van der Waals surface area contributed by atoms with Gasteiger partial charge in [-0.05, 0) is 50.1 Å². The third-order valence-corrected chi connectivity index (χ3v) is 3.94. The van der Waals surface area contributed by atoms with Crippen LogP contribution in [0.25, 0.3) is 0 Å². The highest BCUT2D eigenvalue weighted by atomic mass is 32.1. The summed E-state index contributed by atoms with van der Waals surface area (Å²) < 4.78 is 0. The zero-order valence-corrected chi connectivity index (χ0v) is 11.1. The van der Waals surface area contributed by atoms with Gasteiger partial charge in [0.2, 0.25) is 5.91 Å². The lowest BCUT2D eigenvalue weighted by Crippen LogP contribution is -2.55. The summed E-state index contributed by atoms with van der Waals surface area (Å²) in [6, 6.07) is 2.01. The molecule has 0 saturated carbocycles. The van der Waals surface area contributed by atoms with Crippen LogP contribution in [0.1, 0.15) is 33.3 Å². The Morgan fingerprint density at radius 3 is 2.50 bits per heavy atom. The van der Waals surface area contributed by atoms with E-state index in [-0.39, 0.29) is 5.91 Å². The second-order valence-corrected chi connectivity index (χ2v) is 5.94. The van der Waals surface area contributed by atoms with Crippen LogP contribution in [-0.4, -0.2) is 11.4 Å². The molecule has 0 radical (unpaired) electrons. The van der Waals surface area contributed by atoms with Crippen LogP contribution >= 0.6 is 11.3 Å². The Morgan fingerprint density at radius 1 is 1.44 bits per heavy atom. The molecule has 0 unspecified atom stereocenters. The van der Waals surface area contributed by atoms with Crippen LogP contribution in [0.2, 0.25) is 0 Å². The van der Waals surface area contributed by atoms with Gasteiger partial charge in [0.1, 0.15) is 0 Å². The van der Waals surface area contributed by atoms with Gasteiger partial charge in [-0.3, -0.25) is 4.79 Å². The average Bonchev–Trinajstić information content (AvgIpc) is 2.64. The van der Waals surface area contributed by atoms with E-state index in [2.05, 4.69) is 5.32 Å². The number of amides is 1. The van der Waals surface area contributed by atoms with E-state index < -0.39 is 11.0 Å². The van der Waals surface area contributed by atoms with Crippen molar-refractivity contribution < 1.29 is 4.79 Å². The van der Waals surface area contributed by atoms with Crippen molar-refractivity contribution >= 4 is 17.2 Å². The summed E-state index contributed by atoms with van der Waals surface area (Å²) >= 11 is 1.63. The monoisotopic (exact) mass is 240 g/mol. The molecular formula is C12H20N2OS. The van der Waals surface area contributed by atoms with Crippen molar-refractivity contribution in [2.45, 2.75) is 39.8 Å². The van der Waals surface area contributed by atoms with Crippen LogP contribution in [-0.2, 0) is 11.3 Å². The van der Waals surface area contributed by atoms with E-state index in [1.54, 1.807) is 11.3 Å². The third-order valence-electron chi connectivity index (χ3n) is 3.21. The van der Waals surface area contributed by atoms with Gasteiger partial charge in [0.05, 0.1) is 5.41 Å². The molecule has 4 heteroatoms. The second-order valence-electron chi connectivity index (χ2n) is 5.16. The largest absolute Gasteiger partial charge is 0.351 e. The summed E-state index contributed by atoms with van der Waals surface area (Å²) in [5.41, 5.74) is 6.02. The highest BCUT2D eigenvalue weighted by molar-refractivity contribution is 7.07. The van der Waals surface area contributed by atoms with E-state index in [1.807, 2.05) is 44.5 Å². The molecule has 0 bridgehead atoms. The van der Waals surface area contributed by atoms with Crippen molar-refractivity contribution in [3.8, 4) is 0 Å². The fraction of sp³-hybridized carbons (Fsp3) is 0.583. The standard InChI is InChI=1S/C12H20N2OS/c1-11(2,12(3,4)13)10(15)14-7-9-5-6-16-8-9/h5-6,8H,7,13H2,1-4H3,(H,14,15). The summed E-state index contributed by atoms with van der Waals surface area (Å²) in [6.45, 7) is 8.06. The molecule has 0 saturated heterocycles. The molecule has 0 aliphatic rings. The number of rotatable bonds is 4. The lowest BCUT2D eigenvalue weighted by Gasteiger charge is -2.36. The highest BCUT2D eigenvalue weighted by Crippen LogP contribution is 2.28. The first-order valence-electron chi connectivity index (χ1n) is 5.33. The molecule has 3 nitrogen and oxygen atoms in total. The second kappa shape index (κ2) is 4.55. The van der Waals surface area contributed by atoms with E-state index in [9.17, 15) is 4.79 Å². The van der Waals surface area contributed by atoms with Crippen LogP contribution in [0, 0.1) is 5.41 Å². The molecule has 0 fully saturated rings. The zero-order chi connectivity index (χ0) is 12.4. The van der Waals surface area contributed by atoms with Gasteiger partial charge < -0.3 is 11.1 Å². The number of carbonyl (C=O) groups is 1. The first-order valence-corrected chi connectivity index (χ1v) is 6.27. The predicted molar refractivity (Wildman–Crippen MR) is 68.2 cm³/mol. The van der Waals surface area contributed by atoms with Gasteiger partial charge in [-0.25, -0.2) is 0 Å². The quantitative estimate of drug-likeness (QED) is 0.847. The van der Waals surface area contributed by atoms with Crippen LogP contribution in [0.4, 0.5) is 0 Å². The number of thiophene rings is 1. The van der Waals surface area contributed by atoms with Crippen LogP contribution < -0.4 is 11.1 Å². The van der Waals surface area contributed by atoms with E-state index in [1.165, 1.54) is 0 Å². The van der Waals surface area contributed by atoms with Gasteiger partial charge in [0.15, 0.2) is 0 Å². The summed E-state index contributed by atoms with van der Waals surface area (Å²) in [5.74, 6) is -0.00815. The molecule has 1 aromatic heterocycles. The number of hydrogen-bond acceptors (Lipinski definition) is 3. The van der Waals surface area contributed by atoms with Gasteiger partial charge in [-0.2, -0.15) is 11.3 Å². The molecule has 1 heterocycles. The molecule has 1 rings (SSSR count). The molecule has 0 spiro atoms. The fourth-order valence-electron chi connectivity index (χ4n) is 1.09. The van der Waals surface area contributed by atoms with Gasteiger partial charge in [-0.1, -0.05) is 0 Å². The Labute approximate surface area is 101 Å². The molecule has 0 aliphatic carbocycles. The molecule has 3 N–H and O–H groups in total. The van der Waals surface area contributed by atoms with Crippen molar-refractivity contribution in [3.05, 3.63) is 22.4 Å². The Kier molecular flexibility index (Phi) is 3.76. The summed E-state index contributed by atoms with van der Waals surface area (Å²) in [7, 11) is 0. The summed E-state index contributed by atoms with van der Waals surface area (Å²) in [5, 5.41) is 6.95. The van der Waals surface area contributed by atoms with Crippen molar-refractivity contribution in [1.29, 1.82) is 0 Å². The zero-order valence-electron chi connectivity index (χ0n) is 10.3. The maximum Gasteiger partial charge on any atom is 0.227 e. The molecule has 16 heavy (non-hydrogen) atoms. The van der Waals surface area contributed by atoms with Gasteiger partial charge in [0.25, 0.3) is 0 Å². The number of carbonyl (C=O) groups excluding carboxylic acids is 1. The van der Waals surface area contributed by atoms with Crippen molar-refractivity contribution in [2.24, 2.45) is 11.1 Å². The van der Waals surface area contributed by atoms with Crippen molar-refractivity contribution in [2.75, 3.05) is 0 Å². The van der Waals surface area contributed by atoms with Crippen LogP contribution in [0.15, 0.2) is 16.8 Å². The number of nitrogens with one attached hydrogen (secondary N) is 1. The van der Waals surface area contributed by atoms with E-state index in [0.717, 1.165) is 5.56 Å². The predicted octanol–water partition coefficient (Wildman–Crippen LogP) is 2.13. The smallest absolute Gasteiger partial charge is 0.227 e. The van der Waals surface area contributed by atoms with E-state index in [4.69, 9.17) is 5.73 Å². The lowest BCUT2D eigenvalue weighted by molar-refractivity contribution is -0.132.